The Morgan fingerprint density at radius 1 is 0.842 bits per heavy atom. The third-order valence-corrected chi connectivity index (χ3v) is 5.42. The van der Waals surface area contributed by atoms with Crippen LogP contribution >= 0.6 is 0 Å². The standard InChI is InChI=1S/C17H33NO/c18-16(13-15-9-5-2-6-10-15)17(19)12-11-14-7-3-1-4-8-14/h14-17,19H,1-13,18H2. The average Bonchev–Trinajstić information content (AvgIpc) is 2.47. The van der Waals surface area contributed by atoms with Crippen molar-refractivity contribution in [2.24, 2.45) is 17.6 Å². The van der Waals surface area contributed by atoms with Gasteiger partial charge in [0.25, 0.3) is 0 Å². The summed E-state index contributed by atoms with van der Waals surface area (Å²) in [6, 6.07) is 0.0201. The number of nitrogens with two attached hydrogens (primary N) is 1. The summed E-state index contributed by atoms with van der Waals surface area (Å²) in [6.45, 7) is 0. The molecule has 2 rings (SSSR count). The van der Waals surface area contributed by atoms with Crippen molar-refractivity contribution < 1.29 is 5.11 Å². The van der Waals surface area contributed by atoms with E-state index in [9.17, 15) is 5.11 Å². The molecule has 0 amide bonds. The van der Waals surface area contributed by atoms with Crippen molar-refractivity contribution in [2.75, 3.05) is 0 Å². The monoisotopic (exact) mass is 267 g/mol. The SMILES string of the molecule is NC(CC1CCCCC1)C(O)CCC1CCCCC1. The zero-order valence-corrected chi connectivity index (χ0v) is 12.5. The molecule has 0 heterocycles. The molecule has 2 unspecified atom stereocenters. The topological polar surface area (TPSA) is 46.2 Å². The molecule has 0 aromatic carbocycles. The molecule has 19 heavy (non-hydrogen) atoms. The Kier molecular flexibility index (Phi) is 6.66. The molecule has 2 atom stereocenters. The van der Waals surface area contributed by atoms with E-state index in [1.54, 1.807) is 0 Å². The summed E-state index contributed by atoms with van der Waals surface area (Å²) in [6.07, 6.45) is 16.7. The van der Waals surface area contributed by atoms with Gasteiger partial charge in [0.05, 0.1) is 6.10 Å². The first-order chi connectivity index (χ1) is 9.25. The van der Waals surface area contributed by atoms with Crippen molar-refractivity contribution in [1.29, 1.82) is 0 Å². The lowest BCUT2D eigenvalue weighted by molar-refractivity contribution is 0.108. The van der Waals surface area contributed by atoms with Gasteiger partial charge in [0.2, 0.25) is 0 Å². The minimum atomic E-state index is -0.260. The highest BCUT2D eigenvalue weighted by Crippen LogP contribution is 2.30. The highest BCUT2D eigenvalue weighted by molar-refractivity contribution is 4.79. The summed E-state index contributed by atoms with van der Waals surface area (Å²) in [4.78, 5) is 0. The summed E-state index contributed by atoms with van der Waals surface area (Å²) in [5.74, 6) is 1.65. The molecule has 0 aromatic rings. The molecule has 112 valence electrons. The molecule has 2 saturated carbocycles. The Balaban J connectivity index is 1.62. The second-order valence-corrected chi connectivity index (χ2v) is 7.05. The van der Waals surface area contributed by atoms with Crippen molar-refractivity contribution in [3.05, 3.63) is 0 Å². The van der Waals surface area contributed by atoms with Crippen LogP contribution in [-0.2, 0) is 0 Å². The van der Waals surface area contributed by atoms with Gasteiger partial charge in [-0.1, -0.05) is 64.2 Å². The Hall–Kier alpha value is -0.0800. The Labute approximate surface area is 119 Å². The molecule has 2 aliphatic rings. The lowest BCUT2D eigenvalue weighted by Gasteiger charge is -2.28. The van der Waals surface area contributed by atoms with Gasteiger partial charge in [0.15, 0.2) is 0 Å². The maximum Gasteiger partial charge on any atom is 0.0691 e. The van der Waals surface area contributed by atoms with Crippen molar-refractivity contribution in [3.63, 3.8) is 0 Å². The maximum absolute atomic E-state index is 10.3. The molecule has 3 N–H and O–H groups in total. The number of hydrogen-bond acceptors (Lipinski definition) is 2. The first kappa shape index (κ1) is 15.3. The molecule has 0 saturated heterocycles. The van der Waals surface area contributed by atoms with Crippen molar-refractivity contribution in [3.8, 4) is 0 Å². The van der Waals surface area contributed by atoms with Crippen LogP contribution in [-0.4, -0.2) is 17.3 Å². The quantitative estimate of drug-likeness (QED) is 0.764. The second-order valence-electron chi connectivity index (χ2n) is 7.05. The normalized spacial score (nSPS) is 26.2. The third kappa shape index (κ3) is 5.43. The molecule has 0 aliphatic heterocycles. The summed E-state index contributed by atoms with van der Waals surface area (Å²) < 4.78 is 0. The van der Waals surface area contributed by atoms with Crippen LogP contribution in [0.25, 0.3) is 0 Å². The van der Waals surface area contributed by atoms with Crippen molar-refractivity contribution in [1.82, 2.24) is 0 Å². The molecule has 0 spiro atoms. The number of aliphatic hydroxyl groups is 1. The number of hydrogen-bond donors (Lipinski definition) is 2. The molecular formula is C17H33NO. The minimum absolute atomic E-state index is 0.0201. The van der Waals surface area contributed by atoms with E-state index in [1.165, 1.54) is 70.6 Å². The summed E-state index contributed by atoms with van der Waals surface area (Å²) in [7, 11) is 0. The molecule has 2 fully saturated rings. The van der Waals surface area contributed by atoms with Gasteiger partial charge >= 0.3 is 0 Å². The van der Waals surface area contributed by atoms with Crippen LogP contribution in [0.2, 0.25) is 0 Å². The predicted molar refractivity (Wildman–Crippen MR) is 81.0 cm³/mol. The molecule has 2 heteroatoms. The van der Waals surface area contributed by atoms with E-state index in [-0.39, 0.29) is 12.1 Å². The van der Waals surface area contributed by atoms with Crippen molar-refractivity contribution in [2.45, 2.75) is 95.6 Å². The first-order valence-electron chi connectivity index (χ1n) is 8.69. The van der Waals surface area contributed by atoms with Gasteiger partial charge in [0, 0.05) is 6.04 Å². The van der Waals surface area contributed by atoms with Crippen LogP contribution < -0.4 is 5.73 Å². The van der Waals surface area contributed by atoms with Crippen molar-refractivity contribution >= 4 is 0 Å². The zero-order valence-electron chi connectivity index (χ0n) is 12.5. The number of aliphatic hydroxyl groups excluding tert-OH is 1. The molecular weight excluding hydrogens is 234 g/mol. The second kappa shape index (κ2) is 8.26. The minimum Gasteiger partial charge on any atom is -0.392 e. The number of rotatable bonds is 6. The van der Waals surface area contributed by atoms with Crippen LogP contribution in [0.5, 0.6) is 0 Å². The summed E-state index contributed by atoms with van der Waals surface area (Å²) in [5.41, 5.74) is 6.21. The van der Waals surface area contributed by atoms with Crippen LogP contribution in [0.15, 0.2) is 0 Å². The average molecular weight is 267 g/mol. The molecule has 2 nitrogen and oxygen atoms in total. The first-order valence-corrected chi connectivity index (χ1v) is 8.69. The Bertz CT molecular complexity index is 231. The molecule has 2 aliphatic carbocycles. The van der Waals surface area contributed by atoms with Crippen LogP contribution in [0.4, 0.5) is 0 Å². The van der Waals surface area contributed by atoms with Gasteiger partial charge in [0.1, 0.15) is 0 Å². The molecule has 0 aromatic heterocycles. The lowest BCUT2D eigenvalue weighted by Crippen LogP contribution is -2.37. The molecule has 0 bridgehead atoms. The van der Waals surface area contributed by atoms with Gasteiger partial charge in [-0.2, -0.15) is 0 Å². The van der Waals surface area contributed by atoms with Gasteiger partial charge in [-0.25, -0.2) is 0 Å². The van der Waals surface area contributed by atoms with E-state index >= 15 is 0 Å². The maximum atomic E-state index is 10.3. The van der Waals surface area contributed by atoms with Gasteiger partial charge < -0.3 is 10.8 Å². The fourth-order valence-electron chi connectivity index (χ4n) is 4.06. The summed E-state index contributed by atoms with van der Waals surface area (Å²) >= 11 is 0. The highest BCUT2D eigenvalue weighted by atomic mass is 16.3. The highest BCUT2D eigenvalue weighted by Gasteiger charge is 2.23. The smallest absolute Gasteiger partial charge is 0.0691 e. The fraction of sp³-hybridized carbons (Fsp3) is 1.00. The van der Waals surface area contributed by atoms with Gasteiger partial charge in [-0.3, -0.25) is 0 Å². The van der Waals surface area contributed by atoms with E-state index in [4.69, 9.17) is 5.73 Å². The molecule has 0 radical (unpaired) electrons. The Morgan fingerprint density at radius 3 is 1.95 bits per heavy atom. The largest absolute Gasteiger partial charge is 0.392 e. The third-order valence-electron chi connectivity index (χ3n) is 5.42. The van der Waals surface area contributed by atoms with Crippen LogP contribution in [0.3, 0.4) is 0 Å². The summed E-state index contributed by atoms with van der Waals surface area (Å²) in [5, 5.41) is 10.3. The Morgan fingerprint density at radius 2 is 1.37 bits per heavy atom. The van der Waals surface area contributed by atoms with E-state index < -0.39 is 0 Å². The van der Waals surface area contributed by atoms with E-state index in [0.29, 0.717) is 0 Å². The van der Waals surface area contributed by atoms with E-state index in [2.05, 4.69) is 0 Å². The predicted octanol–water partition coefficient (Wildman–Crippen LogP) is 4.01. The van der Waals surface area contributed by atoms with Crippen LogP contribution in [0.1, 0.15) is 83.5 Å². The van der Waals surface area contributed by atoms with Crippen LogP contribution in [0, 0.1) is 11.8 Å². The lowest BCUT2D eigenvalue weighted by atomic mass is 9.82. The van der Waals surface area contributed by atoms with E-state index in [1.807, 2.05) is 0 Å². The zero-order chi connectivity index (χ0) is 13.5. The van der Waals surface area contributed by atoms with Gasteiger partial charge in [-0.15, -0.1) is 0 Å². The fourth-order valence-corrected chi connectivity index (χ4v) is 4.06. The van der Waals surface area contributed by atoms with Gasteiger partial charge in [-0.05, 0) is 31.1 Å². The van der Waals surface area contributed by atoms with E-state index in [0.717, 1.165) is 24.7 Å².